The molecule has 1 aromatic heterocycles. The van der Waals surface area contributed by atoms with Crippen LogP contribution in [0.3, 0.4) is 0 Å². The van der Waals surface area contributed by atoms with Crippen molar-refractivity contribution in [2.45, 2.75) is 12.5 Å². The fraction of sp³-hybridized carbons (Fsp3) is 0.308. The first-order valence-electron chi connectivity index (χ1n) is 5.57. The molecule has 0 radical (unpaired) electrons. The van der Waals surface area contributed by atoms with Crippen LogP contribution in [0, 0.1) is 0 Å². The Morgan fingerprint density at radius 2 is 2.06 bits per heavy atom. The van der Waals surface area contributed by atoms with Crippen molar-refractivity contribution >= 4 is 5.95 Å². The van der Waals surface area contributed by atoms with Crippen LogP contribution in [0.1, 0.15) is 12.5 Å². The van der Waals surface area contributed by atoms with Gasteiger partial charge in [-0.05, 0) is 12.5 Å². The first kappa shape index (κ1) is 11.7. The second-order valence-corrected chi connectivity index (χ2v) is 4.34. The van der Waals surface area contributed by atoms with Crippen molar-refractivity contribution in [1.82, 2.24) is 9.55 Å². The number of benzene rings is 1. The maximum atomic E-state index is 9.63. The van der Waals surface area contributed by atoms with E-state index in [4.69, 9.17) is 0 Å². The molecule has 1 atom stereocenters. The van der Waals surface area contributed by atoms with Crippen LogP contribution in [0.5, 0.6) is 0 Å². The minimum Gasteiger partial charge on any atom is -0.394 e. The van der Waals surface area contributed by atoms with E-state index in [1.165, 1.54) is 0 Å². The van der Waals surface area contributed by atoms with Crippen molar-refractivity contribution in [2.24, 2.45) is 7.05 Å². The smallest absolute Gasteiger partial charge is 0.203 e. The lowest BCUT2D eigenvalue weighted by Crippen LogP contribution is -2.36. The van der Waals surface area contributed by atoms with Crippen LogP contribution >= 0.6 is 0 Å². The number of nitrogens with one attached hydrogen (secondary N) is 1. The summed E-state index contributed by atoms with van der Waals surface area (Å²) in [5.74, 6) is 0.741. The summed E-state index contributed by atoms with van der Waals surface area (Å²) in [6.45, 7) is 1.96. The molecule has 0 amide bonds. The topological polar surface area (TPSA) is 50.1 Å². The first-order valence-corrected chi connectivity index (χ1v) is 5.57. The van der Waals surface area contributed by atoms with Crippen LogP contribution < -0.4 is 5.32 Å². The van der Waals surface area contributed by atoms with Gasteiger partial charge < -0.3 is 15.0 Å². The van der Waals surface area contributed by atoms with Crippen molar-refractivity contribution in [3.8, 4) is 0 Å². The Balaban J connectivity index is 2.30. The van der Waals surface area contributed by atoms with Gasteiger partial charge >= 0.3 is 0 Å². The maximum Gasteiger partial charge on any atom is 0.203 e. The van der Waals surface area contributed by atoms with Gasteiger partial charge in [0.25, 0.3) is 0 Å². The van der Waals surface area contributed by atoms with E-state index in [2.05, 4.69) is 10.3 Å². The Labute approximate surface area is 101 Å². The van der Waals surface area contributed by atoms with Crippen LogP contribution in [0.4, 0.5) is 5.95 Å². The summed E-state index contributed by atoms with van der Waals surface area (Å²) in [5, 5.41) is 12.9. The van der Waals surface area contributed by atoms with Crippen LogP contribution in [0.15, 0.2) is 42.7 Å². The average molecular weight is 231 g/mol. The summed E-state index contributed by atoms with van der Waals surface area (Å²) in [4.78, 5) is 4.21. The quantitative estimate of drug-likeness (QED) is 0.842. The Morgan fingerprint density at radius 3 is 2.59 bits per heavy atom. The summed E-state index contributed by atoms with van der Waals surface area (Å²) in [5.41, 5.74) is 0.505. The molecule has 1 heterocycles. The molecule has 0 fully saturated rings. The number of aliphatic hydroxyl groups excluding tert-OH is 1. The Kier molecular flexibility index (Phi) is 3.15. The van der Waals surface area contributed by atoms with E-state index in [0.29, 0.717) is 0 Å². The molecule has 4 heteroatoms. The van der Waals surface area contributed by atoms with Crippen LogP contribution in [-0.2, 0) is 12.6 Å². The number of aromatic nitrogens is 2. The molecule has 17 heavy (non-hydrogen) atoms. The molecule has 0 aliphatic heterocycles. The molecule has 2 rings (SSSR count). The van der Waals surface area contributed by atoms with Crippen molar-refractivity contribution in [3.05, 3.63) is 48.3 Å². The Bertz CT molecular complexity index is 480. The molecule has 0 aliphatic carbocycles. The molecule has 0 saturated carbocycles. The Hall–Kier alpha value is -1.81. The SMILES string of the molecule is Cn1ccnc1NC(C)(CO)c1ccccc1. The summed E-state index contributed by atoms with van der Waals surface area (Å²) in [7, 11) is 1.91. The third-order valence-corrected chi connectivity index (χ3v) is 2.94. The standard InChI is InChI=1S/C13H17N3O/c1-13(10-17,11-6-4-3-5-7-11)15-12-14-8-9-16(12)2/h3-9,17H,10H2,1-2H3,(H,14,15). The second-order valence-electron chi connectivity index (χ2n) is 4.34. The molecule has 0 spiro atoms. The average Bonchev–Trinajstić information content (AvgIpc) is 2.76. The van der Waals surface area contributed by atoms with Crippen molar-refractivity contribution in [3.63, 3.8) is 0 Å². The van der Waals surface area contributed by atoms with E-state index < -0.39 is 5.54 Å². The number of hydrogen-bond acceptors (Lipinski definition) is 3. The monoisotopic (exact) mass is 231 g/mol. The molecule has 0 bridgehead atoms. The number of aryl methyl sites for hydroxylation is 1. The molecular formula is C13H17N3O. The van der Waals surface area contributed by atoms with Gasteiger partial charge in [0, 0.05) is 19.4 Å². The van der Waals surface area contributed by atoms with Gasteiger partial charge in [0.15, 0.2) is 0 Å². The highest BCUT2D eigenvalue weighted by atomic mass is 16.3. The lowest BCUT2D eigenvalue weighted by atomic mass is 9.93. The van der Waals surface area contributed by atoms with Crippen molar-refractivity contribution < 1.29 is 5.11 Å². The molecule has 1 unspecified atom stereocenters. The highest BCUT2D eigenvalue weighted by molar-refractivity contribution is 5.37. The zero-order valence-corrected chi connectivity index (χ0v) is 10.1. The predicted molar refractivity (Wildman–Crippen MR) is 67.7 cm³/mol. The van der Waals surface area contributed by atoms with Gasteiger partial charge in [0.1, 0.15) is 0 Å². The maximum absolute atomic E-state index is 9.63. The number of anilines is 1. The third kappa shape index (κ3) is 2.31. The molecule has 1 aromatic carbocycles. The number of nitrogens with zero attached hydrogens (tertiary/aromatic N) is 2. The van der Waals surface area contributed by atoms with E-state index in [1.807, 2.05) is 55.1 Å². The predicted octanol–water partition coefficient (Wildman–Crippen LogP) is 1.74. The normalized spacial score (nSPS) is 14.3. The zero-order chi connectivity index (χ0) is 12.3. The minimum absolute atomic E-state index is 0.00384. The molecule has 4 nitrogen and oxygen atoms in total. The molecule has 0 aliphatic rings. The van der Waals surface area contributed by atoms with Crippen LogP contribution in [0.25, 0.3) is 0 Å². The van der Waals surface area contributed by atoms with Gasteiger partial charge in [-0.25, -0.2) is 4.98 Å². The third-order valence-electron chi connectivity index (χ3n) is 2.94. The van der Waals surface area contributed by atoms with E-state index in [0.717, 1.165) is 11.5 Å². The van der Waals surface area contributed by atoms with E-state index in [9.17, 15) is 5.11 Å². The van der Waals surface area contributed by atoms with Crippen molar-refractivity contribution in [2.75, 3.05) is 11.9 Å². The second kappa shape index (κ2) is 4.59. The first-order chi connectivity index (χ1) is 8.15. The lowest BCUT2D eigenvalue weighted by molar-refractivity contribution is 0.223. The summed E-state index contributed by atoms with van der Waals surface area (Å²) < 4.78 is 1.89. The van der Waals surface area contributed by atoms with E-state index in [1.54, 1.807) is 6.20 Å². The molecule has 2 N–H and O–H groups in total. The van der Waals surface area contributed by atoms with Gasteiger partial charge in [-0.15, -0.1) is 0 Å². The molecule has 2 aromatic rings. The van der Waals surface area contributed by atoms with Crippen LogP contribution in [-0.4, -0.2) is 21.3 Å². The van der Waals surface area contributed by atoms with Gasteiger partial charge in [-0.3, -0.25) is 0 Å². The largest absolute Gasteiger partial charge is 0.394 e. The number of aliphatic hydroxyl groups is 1. The molecule has 90 valence electrons. The van der Waals surface area contributed by atoms with Crippen molar-refractivity contribution in [1.29, 1.82) is 0 Å². The highest BCUT2D eigenvalue weighted by Crippen LogP contribution is 2.24. The lowest BCUT2D eigenvalue weighted by Gasteiger charge is -2.29. The van der Waals surface area contributed by atoms with Gasteiger partial charge in [-0.2, -0.15) is 0 Å². The summed E-state index contributed by atoms with van der Waals surface area (Å²) in [6.07, 6.45) is 3.59. The molecular weight excluding hydrogens is 214 g/mol. The van der Waals surface area contributed by atoms with Gasteiger partial charge in [0.05, 0.1) is 12.1 Å². The number of hydrogen-bond donors (Lipinski definition) is 2. The Morgan fingerprint density at radius 1 is 1.35 bits per heavy atom. The van der Waals surface area contributed by atoms with Crippen LogP contribution in [0.2, 0.25) is 0 Å². The zero-order valence-electron chi connectivity index (χ0n) is 10.1. The fourth-order valence-corrected chi connectivity index (χ4v) is 1.74. The number of rotatable bonds is 4. The van der Waals surface area contributed by atoms with E-state index >= 15 is 0 Å². The summed E-state index contributed by atoms with van der Waals surface area (Å²) >= 11 is 0. The molecule has 0 saturated heterocycles. The van der Waals surface area contributed by atoms with E-state index in [-0.39, 0.29) is 6.61 Å². The van der Waals surface area contributed by atoms with Gasteiger partial charge in [-0.1, -0.05) is 30.3 Å². The number of imidazole rings is 1. The summed E-state index contributed by atoms with van der Waals surface area (Å²) in [6, 6.07) is 9.87. The fourth-order valence-electron chi connectivity index (χ4n) is 1.74. The highest BCUT2D eigenvalue weighted by Gasteiger charge is 2.26. The van der Waals surface area contributed by atoms with Gasteiger partial charge in [0.2, 0.25) is 5.95 Å². The minimum atomic E-state index is -0.527.